The first-order valence-corrected chi connectivity index (χ1v) is 14.0. The lowest BCUT2D eigenvalue weighted by Crippen LogP contribution is -2.53. The van der Waals surface area contributed by atoms with E-state index in [0.717, 1.165) is 51.9 Å². The number of amides is 2. The van der Waals surface area contributed by atoms with Crippen LogP contribution in [0.25, 0.3) is 0 Å². The molecule has 0 aromatic heterocycles. The fraction of sp³-hybridized carbons (Fsp3) is 0.517. The van der Waals surface area contributed by atoms with E-state index in [1.165, 1.54) is 6.07 Å². The summed E-state index contributed by atoms with van der Waals surface area (Å²) in [5.41, 5.74) is 0.620. The number of anilines is 1. The number of ether oxygens (including phenoxy) is 1. The third kappa shape index (κ3) is 6.41. The topological polar surface area (TPSA) is 56.3 Å². The lowest BCUT2D eigenvalue weighted by atomic mass is 9.92. The van der Waals surface area contributed by atoms with Crippen molar-refractivity contribution in [3.05, 3.63) is 59.4 Å². The number of rotatable bonds is 6. The number of piperidine rings is 2. The van der Waals surface area contributed by atoms with E-state index >= 15 is 0 Å². The minimum absolute atomic E-state index is 0.0119. The molecule has 3 aliphatic rings. The Morgan fingerprint density at radius 3 is 2.13 bits per heavy atom. The van der Waals surface area contributed by atoms with Gasteiger partial charge >= 0.3 is 0 Å². The molecule has 0 atom stereocenters. The Morgan fingerprint density at radius 2 is 1.47 bits per heavy atom. The van der Waals surface area contributed by atoms with Gasteiger partial charge in [-0.05, 0) is 75.2 Å². The van der Waals surface area contributed by atoms with Gasteiger partial charge < -0.3 is 24.3 Å². The first-order valence-electron chi connectivity index (χ1n) is 13.7. The number of halogens is 2. The second-order valence-electron chi connectivity index (χ2n) is 10.4. The molecule has 0 N–H and O–H groups in total. The Kier molecular flexibility index (Phi) is 8.69. The molecule has 0 unspecified atom stereocenters. The van der Waals surface area contributed by atoms with Gasteiger partial charge in [-0.1, -0.05) is 23.7 Å². The zero-order valence-electron chi connectivity index (χ0n) is 21.7. The van der Waals surface area contributed by atoms with Crippen LogP contribution in [0.15, 0.2) is 48.5 Å². The predicted molar refractivity (Wildman–Crippen MR) is 146 cm³/mol. The number of piperazine rings is 1. The summed E-state index contributed by atoms with van der Waals surface area (Å²) in [7, 11) is 0. The van der Waals surface area contributed by atoms with Crippen LogP contribution in [0.3, 0.4) is 0 Å². The maximum atomic E-state index is 14.1. The summed E-state index contributed by atoms with van der Waals surface area (Å²) >= 11 is 5.90. The first kappa shape index (κ1) is 26.8. The predicted octanol–water partition coefficient (Wildman–Crippen LogP) is 3.91. The minimum atomic E-state index is -0.207. The van der Waals surface area contributed by atoms with Gasteiger partial charge in [0.05, 0.1) is 5.69 Å². The lowest BCUT2D eigenvalue weighted by Gasteiger charge is -2.43. The summed E-state index contributed by atoms with van der Waals surface area (Å²) in [4.78, 5) is 34.2. The van der Waals surface area contributed by atoms with Crippen molar-refractivity contribution in [1.82, 2.24) is 14.7 Å². The number of benzene rings is 2. The van der Waals surface area contributed by atoms with Crippen molar-refractivity contribution in [2.75, 3.05) is 63.9 Å². The van der Waals surface area contributed by atoms with Gasteiger partial charge in [-0.25, -0.2) is 4.39 Å². The number of carbonyl (C=O) groups excluding carboxylic acids is 2. The van der Waals surface area contributed by atoms with Crippen molar-refractivity contribution in [2.24, 2.45) is 5.92 Å². The Bertz CT molecular complexity index is 1090. The van der Waals surface area contributed by atoms with Gasteiger partial charge in [0.25, 0.3) is 5.91 Å². The van der Waals surface area contributed by atoms with Crippen LogP contribution >= 0.6 is 11.6 Å². The summed E-state index contributed by atoms with van der Waals surface area (Å²) in [6.45, 7) is 5.95. The molecule has 9 heteroatoms. The lowest BCUT2D eigenvalue weighted by molar-refractivity contribution is -0.138. The minimum Gasteiger partial charge on any atom is -0.484 e. The molecule has 0 spiro atoms. The average molecular weight is 543 g/mol. The molecule has 2 amide bonds. The van der Waals surface area contributed by atoms with Crippen molar-refractivity contribution in [3.8, 4) is 5.75 Å². The smallest absolute Gasteiger partial charge is 0.260 e. The van der Waals surface area contributed by atoms with Gasteiger partial charge in [-0.15, -0.1) is 0 Å². The highest BCUT2D eigenvalue weighted by Crippen LogP contribution is 2.27. The molecule has 0 bridgehead atoms. The zero-order chi connectivity index (χ0) is 26.5. The monoisotopic (exact) mass is 542 g/mol. The Balaban J connectivity index is 1.01. The molecule has 5 rings (SSSR count). The van der Waals surface area contributed by atoms with Crippen molar-refractivity contribution in [2.45, 2.75) is 31.7 Å². The molecule has 3 fully saturated rings. The second kappa shape index (κ2) is 12.3. The number of nitrogens with zero attached hydrogens (tertiary/aromatic N) is 4. The van der Waals surface area contributed by atoms with Crippen LogP contribution in [0.4, 0.5) is 10.1 Å². The molecular formula is C29H36ClFN4O3. The second-order valence-corrected chi connectivity index (χ2v) is 10.9. The zero-order valence-corrected chi connectivity index (χ0v) is 22.5. The molecule has 0 saturated carbocycles. The molecule has 0 radical (unpaired) electrons. The standard InChI is InChI=1S/C29H36ClFN4O3/c30-23-5-7-25(8-6-23)38-21-28(36)34-15-11-24(12-16-34)32-13-9-22(10-14-32)29(37)35-19-17-33(18-20-35)27-4-2-1-3-26(27)31/h1-8,22,24H,9-21H2. The normalized spacial score (nSPS) is 20.0. The maximum absolute atomic E-state index is 14.1. The number of para-hydroxylation sites is 1. The average Bonchev–Trinajstić information content (AvgIpc) is 2.97. The van der Waals surface area contributed by atoms with Crippen LogP contribution in [0, 0.1) is 11.7 Å². The van der Waals surface area contributed by atoms with Gasteiger partial charge in [0.2, 0.25) is 5.91 Å². The van der Waals surface area contributed by atoms with Crippen molar-refractivity contribution >= 4 is 29.1 Å². The van der Waals surface area contributed by atoms with E-state index in [1.54, 1.807) is 36.4 Å². The van der Waals surface area contributed by atoms with E-state index in [2.05, 4.69) is 4.90 Å². The van der Waals surface area contributed by atoms with Crippen LogP contribution < -0.4 is 9.64 Å². The fourth-order valence-corrected chi connectivity index (χ4v) is 6.02. The number of hydrogen-bond acceptors (Lipinski definition) is 5. The number of hydrogen-bond donors (Lipinski definition) is 0. The third-order valence-corrected chi connectivity index (χ3v) is 8.42. The van der Waals surface area contributed by atoms with E-state index in [4.69, 9.17) is 16.3 Å². The Morgan fingerprint density at radius 1 is 0.816 bits per heavy atom. The maximum Gasteiger partial charge on any atom is 0.260 e. The summed E-state index contributed by atoms with van der Waals surface area (Å²) < 4.78 is 19.7. The van der Waals surface area contributed by atoms with Crippen molar-refractivity contribution in [3.63, 3.8) is 0 Å². The van der Waals surface area contributed by atoms with Gasteiger partial charge in [0, 0.05) is 56.3 Å². The van der Waals surface area contributed by atoms with E-state index in [0.29, 0.717) is 48.7 Å². The molecule has 38 heavy (non-hydrogen) atoms. The molecule has 3 heterocycles. The molecule has 3 saturated heterocycles. The molecule has 2 aromatic carbocycles. The molecule has 3 aliphatic heterocycles. The van der Waals surface area contributed by atoms with Crippen LogP contribution in [0.2, 0.25) is 5.02 Å². The van der Waals surface area contributed by atoms with Gasteiger partial charge in [0.1, 0.15) is 11.6 Å². The van der Waals surface area contributed by atoms with Gasteiger partial charge in [-0.3, -0.25) is 9.59 Å². The largest absolute Gasteiger partial charge is 0.484 e. The fourth-order valence-electron chi connectivity index (χ4n) is 5.89. The molecular weight excluding hydrogens is 507 g/mol. The highest BCUT2D eigenvalue weighted by molar-refractivity contribution is 6.30. The Labute approximate surface area is 229 Å². The van der Waals surface area contributed by atoms with Crippen LogP contribution in [-0.2, 0) is 9.59 Å². The summed E-state index contributed by atoms with van der Waals surface area (Å²) in [6.07, 6.45) is 3.65. The van der Waals surface area contributed by atoms with Crippen LogP contribution in [0.5, 0.6) is 5.75 Å². The first-order chi connectivity index (χ1) is 18.5. The highest BCUT2D eigenvalue weighted by atomic mass is 35.5. The quantitative estimate of drug-likeness (QED) is 0.554. The van der Waals surface area contributed by atoms with Crippen LogP contribution in [-0.4, -0.2) is 91.5 Å². The van der Waals surface area contributed by atoms with Gasteiger partial charge in [-0.2, -0.15) is 0 Å². The summed E-state index contributed by atoms with van der Waals surface area (Å²) in [5, 5.41) is 0.638. The van der Waals surface area contributed by atoms with Crippen LogP contribution in [0.1, 0.15) is 25.7 Å². The number of carbonyl (C=O) groups is 2. The molecule has 7 nitrogen and oxygen atoms in total. The summed E-state index contributed by atoms with van der Waals surface area (Å²) in [5.74, 6) is 0.762. The third-order valence-electron chi connectivity index (χ3n) is 8.17. The number of likely N-dealkylation sites (tertiary alicyclic amines) is 2. The molecule has 2 aromatic rings. The highest BCUT2D eigenvalue weighted by Gasteiger charge is 2.34. The SMILES string of the molecule is O=C(COc1ccc(Cl)cc1)N1CCC(N2CCC(C(=O)N3CCN(c4ccccc4F)CC3)CC2)CC1. The van der Waals surface area contributed by atoms with E-state index in [-0.39, 0.29) is 30.2 Å². The Hall–Kier alpha value is -2.84. The molecule has 0 aliphatic carbocycles. The van der Waals surface area contributed by atoms with Crippen molar-refractivity contribution < 1.29 is 18.7 Å². The van der Waals surface area contributed by atoms with E-state index in [9.17, 15) is 14.0 Å². The van der Waals surface area contributed by atoms with E-state index in [1.807, 2.05) is 20.8 Å². The molecule has 204 valence electrons. The van der Waals surface area contributed by atoms with E-state index < -0.39 is 0 Å². The summed E-state index contributed by atoms with van der Waals surface area (Å²) in [6, 6.07) is 14.3. The van der Waals surface area contributed by atoms with Gasteiger partial charge in [0.15, 0.2) is 6.61 Å². The van der Waals surface area contributed by atoms with Crippen molar-refractivity contribution in [1.29, 1.82) is 0 Å².